The summed E-state index contributed by atoms with van der Waals surface area (Å²) in [6.45, 7) is 3.33. The number of nitrogens with zero attached hydrogens (tertiary/aromatic N) is 5. The van der Waals surface area contributed by atoms with Crippen molar-refractivity contribution in [1.29, 1.82) is 0 Å². The highest BCUT2D eigenvalue weighted by Gasteiger charge is 2.36. The number of anilines is 1. The van der Waals surface area contributed by atoms with E-state index in [1.165, 1.54) is 46.3 Å². The number of β-amino-alcohol motifs (C(OH)–C–C–N with tert-alkyl or cyclic N) is 1. The molecule has 3 aromatic carbocycles. The van der Waals surface area contributed by atoms with Gasteiger partial charge in [-0.2, -0.15) is 5.10 Å². The minimum Gasteiger partial charge on any atom is -0.382 e. The molecule has 1 fully saturated rings. The van der Waals surface area contributed by atoms with Gasteiger partial charge >= 0.3 is 0 Å². The van der Waals surface area contributed by atoms with Gasteiger partial charge in [-0.1, -0.05) is 48.5 Å². The first-order chi connectivity index (χ1) is 18.0. The third-order valence-corrected chi connectivity index (χ3v) is 6.95. The van der Waals surface area contributed by atoms with E-state index in [0.29, 0.717) is 6.54 Å². The van der Waals surface area contributed by atoms with Gasteiger partial charge in [0.1, 0.15) is 29.9 Å². The number of hydrogen-bond donors (Lipinski definition) is 1. The van der Waals surface area contributed by atoms with Crippen LogP contribution < -0.4 is 4.90 Å². The standard InChI is InChI=1S/C29H31F2N5O/c30-25-9-12-27(28(31)18-25)29(37,20-36-22-32-21-33-36)19-34-13-4-14-35(16-15-34)26-10-7-24(8-11-26)17-23-5-2-1-3-6-23/h1-3,5-12,18,21-22,37H,4,13-17,19-20H2. The zero-order valence-corrected chi connectivity index (χ0v) is 20.7. The Morgan fingerprint density at radius 1 is 0.838 bits per heavy atom. The second-order valence-corrected chi connectivity index (χ2v) is 9.69. The smallest absolute Gasteiger partial charge is 0.137 e. The summed E-state index contributed by atoms with van der Waals surface area (Å²) in [6, 6.07) is 22.4. The van der Waals surface area contributed by atoms with E-state index in [2.05, 4.69) is 68.4 Å². The predicted octanol–water partition coefficient (Wildman–Crippen LogP) is 4.25. The average molecular weight is 504 g/mol. The fourth-order valence-corrected chi connectivity index (χ4v) is 5.08. The van der Waals surface area contributed by atoms with Gasteiger partial charge in [0.2, 0.25) is 0 Å². The molecule has 1 atom stereocenters. The molecule has 0 radical (unpaired) electrons. The van der Waals surface area contributed by atoms with Crippen molar-refractivity contribution in [2.75, 3.05) is 37.6 Å². The van der Waals surface area contributed by atoms with Crippen LogP contribution in [0.5, 0.6) is 0 Å². The summed E-state index contributed by atoms with van der Waals surface area (Å²) in [4.78, 5) is 8.43. The van der Waals surface area contributed by atoms with Gasteiger partial charge in [-0.25, -0.2) is 18.4 Å². The molecule has 6 nitrogen and oxygen atoms in total. The largest absolute Gasteiger partial charge is 0.382 e. The maximum absolute atomic E-state index is 14.8. The lowest BCUT2D eigenvalue weighted by molar-refractivity contribution is -0.0201. The van der Waals surface area contributed by atoms with E-state index in [4.69, 9.17) is 0 Å². The molecule has 5 rings (SSSR count). The molecular formula is C29H31F2N5O. The first kappa shape index (κ1) is 25.0. The zero-order chi connectivity index (χ0) is 25.7. The molecular weight excluding hydrogens is 472 g/mol. The molecule has 0 spiro atoms. The average Bonchev–Trinajstić information content (AvgIpc) is 3.28. The second-order valence-electron chi connectivity index (χ2n) is 9.69. The Bertz CT molecular complexity index is 1280. The molecule has 0 bridgehead atoms. The summed E-state index contributed by atoms with van der Waals surface area (Å²) in [5.41, 5.74) is 2.18. The molecule has 1 unspecified atom stereocenters. The van der Waals surface area contributed by atoms with Crippen molar-refractivity contribution in [3.63, 3.8) is 0 Å². The van der Waals surface area contributed by atoms with E-state index in [9.17, 15) is 13.9 Å². The summed E-state index contributed by atoms with van der Waals surface area (Å²) in [7, 11) is 0. The van der Waals surface area contributed by atoms with Gasteiger partial charge in [0.15, 0.2) is 0 Å². The number of rotatable bonds is 8. The summed E-state index contributed by atoms with van der Waals surface area (Å²) < 4.78 is 29.9. The van der Waals surface area contributed by atoms with Gasteiger partial charge < -0.3 is 10.0 Å². The molecule has 1 aliphatic rings. The van der Waals surface area contributed by atoms with Crippen LogP contribution in [0.3, 0.4) is 0 Å². The van der Waals surface area contributed by atoms with Crippen molar-refractivity contribution in [3.05, 3.63) is 114 Å². The first-order valence-electron chi connectivity index (χ1n) is 12.6. The quantitative estimate of drug-likeness (QED) is 0.390. The predicted molar refractivity (Wildman–Crippen MR) is 139 cm³/mol. The lowest BCUT2D eigenvalue weighted by atomic mass is 9.92. The van der Waals surface area contributed by atoms with Crippen molar-refractivity contribution in [3.8, 4) is 0 Å². The lowest BCUT2D eigenvalue weighted by Crippen LogP contribution is -2.45. The Morgan fingerprint density at radius 3 is 2.35 bits per heavy atom. The molecule has 1 saturated heterocycles. The Labute approximate surface area is 215 Å². The molecule has 2 heterocycles. The van der Waals surface area contributed by atoms with Crippen LogP contribution in [-0.2, 0) is 18.6 Å². The zero-order valence-electron chi connectivity index (χ0n) is 20.7. The van der Waals surface area contributed by atoms with Crippen LogP contribution in [0.4, 0.5) is 14.5 Å². The summed E-state index contributed by atoms with van der Waals surface area (Å²) in [5, 5.41) is 15.8. The topological polar surface area (TPSA) is 57.4 Å². The van der Waals surface area contributed by atoms with Crippen molar-refractivity contribution < 1.29 is 13.9 Å². The van der Waals surface area contributed by atoms with Crippen molar-refractivity contribution in [2.45, 2.75) is 25.0 Å². The van der Waals surface area contributed by atoms with Gasteiger partial charge in [0.25, 0.3) is 0 Å². The molecule has 192 valence electrons. The molecule has 0 saturated carbocycles. The highest BCUT2D eigenvalue weighted by Crippen LogP contribution is 2.29. The minimum atomic E-state index is -1.60. The Balaban J connectivity index is 1.27. The number of aliphatic hydroxyl groups is 1. The van der Waals surface area contributed by atoms with Gasteiger partial charge in [-0.05, 0) is 42.2 Å². The third kappa shape index (κ3) is 6.21. The van der Waals surface area contributed by atoms with Crippen molar-refractivity contribution in [2.24, 2.45) is 0 Å². The fourth-order valence-electron chi connectivity index (χ4n) is 5.08. The molecule has 37 heavy (non-hydrogen) atoms. The molecule has 1 N–H and O–H groups in total. The van der Waals surface area contributed by atoms with Gasteiger partial charge in [-0.15, -0.1) is 0 Å². The van der Waals surface area contributed by atoms with Crippen LogP contribution in [0.1, 0.15) is 23.1 Å². The number of benzene rings is 3. The Kier molecular flexibility index (Phi) is 7.58. The molecule has 0 aliphatic carbocycles. The molecule has 8 heteroatoms. The minimum absolute atomic E-state index is 0.0125. The Hall–Kier alpha value is -3.62. The summed E-state index contributed by atoms with van der Waals surface area (Å²) in [6.07, 6.45) is 4.66. The van der Waals surface area contributed by atoms with E-state index >= 15 is 0 Å². The van der Waals surface area contributed by atoms with E-state index in [1.54, 1.807) is 0 Å². The van der Waals surface area contributed by atoms with Crippen LogP contribution in [0.2, 0.25) is 0 Å². The molecule has 0 amide bonds. The van der Waals surface area contributed by atoms with E-state index in [1.807, 2.05) is 6.07 Å². The molecule has 1 aliphatic heterocycles. The van der Waals surface area contributed by atoms with Crippen molar-refractivity contribution in [1.82, 2.24) is 19.7 Å². The van der Waals surface area contributed by atoms with E-state index in [-0.39, 0.29) is 18.7 Å². The van der Waals surface area contributed by atoms with Gasteiger partial charge in [0, 0.05) is 50.0 Å². The monoisotopic (exact) mass is 503 g/mol. The van der Waals surface area contributed by atoms with Gasteiger partial charge in [0.05, 0.1) is 6.54 Å². The maximum atomic E-state index is 14.8. The Morgan fingerprint density at radius 2 is 1.62 bits per heavy atom. The second kappa shape index (κ2) is 11.2. The number of halogens is 2. The number of aromatic nitrogens is 3. The van der Waals surface area contributed by atoms with Crippen LogP contribution in [-0.4, -0.2) is 57.5 Å². The molecule has 1 aromatic heterocycles. The van der Waals surface area contributed by atoms with Crippen LogP contribution in [0.25, 0.3) is 0 Å². The van der Waals surface area contributed by atoms with Crippen LogP contribution >= 0.6 is 0 Å². The molecule has 4 aromatic rings. The summed E-state index contributed by atoms with van der Waals surface area (Å²) >= 11 is 0. The third-order valence-electron chi connectivity index (χ3n) is 6.95. The van der Waals surface area contributed by atoms with Crippen LogP contribution in [0.15, 0.2) is 85.5 Å². The SMILES string of the molecule is OC(CN1CCCN(c2ccc(Cc3ccccc3)cc2)CC1)(Cn1cncn1)c1ccc(F)cc1F. The van der Waals surface area contributed by atoms with Gasteiger partial charge in [-0.3, -0.25) is 4.90 Å². The van der Waals surface area contributed by atoms with E-state index in [0.717, 1.165) is 38.5 Å². The normalized spacial score (nSPS) is 16.4. The fraction of sp³-hybridized carbons (Fsp3) is 0.310. The first-order valence-corrected chi connectivity index (χ1v) is 12.6. The lowest BCUT2D eigenvalue weighted by Gasteiger charge is -2.34. The highest BCUT2D eigenvalue weighted by atomic mass is 19.1. The van der Waals surface area contributed by atoms with E-state index < -0.39 is 17.2 Å². The number of hydrogen-bond acceptors (Lipinski definition) is 5. The maximum Gasteiger partial charge on any atom is 0.137 e. The van der Waals surface area contributed by atoms with Crippen molar-refractivity contribution >= 4 is 5.69 Å². The van der Waals surface area contributed by atoms with Crippen LogP contribution in [0, 0.1) is 11.6 Å². The highest BCUT2D eigenvalue weighted by molar-refractivity contribution is 5.48. The summed E-state index contributed by atoms with van der Waals surface area (Å²) in [5.74, 6) is -1.45.